The molecule has 24 heavy (non-hydrogen) atoms. The van der Waals surface area contributed by atoms with E-state index < -0.39 is 0 Å². The summed E-state index contributed by atoms with van der Waals surface area (Å²) < 4.78 is 10.8. The molecule has 2 rings (SSSR count). The van der Waals surface area contributed by atoms with E-state index in [1.54, 1.807) is 14.2 Å². The molecule has 0 bridgehead atoms. The summed E-state index contributed by atoms with van der Waals surface area (Å²) in [6, 6.07) is 7.52. The fourth-order valence-electron chi connectivity index (χ4n) is 1.85. The van der Waals surface area contributed by atoms with Gasteiger partial charge in [0, 0.05) is 18.8 Å². The highest BCUT2D eigenvalue weighted by molar-refractivity contribution is 8.01. The first kappa shape index (κ1) is 18.5. The summed E-state index contributed by atoms with van der Waals surface area (Å²) in [6.45, 7) is 2.39. The predicted molar refractivity (Wildman–Crippen MR) is 96.4 cm³/mol. The van der Waals surface area contributed by atoms with Crippen molar-refractivity contribution in [3.05, 3.63) is 24.3 Å². The van der Waals surface area contributed by atoms with E-state index in [1.807, 2.05) is 31.2 Å². The number of carbonyl (C=O) groups excluding carboxylic acids is 1. The molecule has 0 fully saturated rings. The molecule has 2 aromatic rings. The number of thioether (sulfide) groups is 1. The van der Waals surface area contributed by atoms with E-state index in [1.165, 1.54) is 23.1 Å². The van der Waals surface area contributed by atoms with Gasteiger partial charge in [0.1, 0.15) is 5.75 Å². The number of rotatable bonds is 9. The zero-order valence-corrected chi connectivity index (χ0v) is 15.4. The summed E-state index contributed by atoms with van der Waals surface area (Å²) in [5.74, 6) is 1.04. The van der Waals surface area contributed by atoms with Crippen molar-refractivity contribution in [2.45, 2.75) is 17.3 Å². The third-order valence-electron chi connectivity index (χ3n) is 2.90. The number of methoxy groups -OCH3 is 2. The molecule has 0 unspecified atom stereocenters. The zero-order chi connectivity index (χ0) is 17.4. The maximum Gasteiger partial charge on any atom is 0.230 e. The Labute approximate surface area is 149 Å². The van der Waals surface area contributed by atoms with Crippen LogP contribution < -0.4 is 15.4 Å². The normalized spacial score (nSPS) is 11.8. The molecule has 0 radical (unpaired) electrons. The van der Waals surface area contributed by atoms with E-state index in [-0.39, 0.29) is 11.9 Å². The third-order valence-corrected chi connectivity index (χ3v) is 4.87. The topological polar surface area (TPSA) is 85.4 Å². The van der Waals surface area contributed by atoms with E-state index in [2.05, 4.69) is 20.8 Å². The van der Waals surface area contributed by atoms with Crippen molar-refractivity contribution in [1.82, 2.24) is 15.5 Å². The molecule has 1 aromatic carbocycles. The molecule has 0 saturated carbocycles. The smallest absolute Gasteiger partial charge is 0.230 e. The van der Waals surface area contributed by atoms with Gasteiger partial charge in [-0.3, -0.25) is 4.79 Å². The number of ether oxygens (including phenoxy) is 2. The molecule has 9 heteroatoms. The average Bonchev–Trinajstić information content (AvgIpc) is 3.01. The van der Waals surface area contributed by atoms with Crippen LogP contribution in [0.5, 0.6) is 5.75 Å². The summed E-state index contributed by atoms with van der Waals surface area (Å²) in [7, 11) is 3.23. The lowest BCUT2D eigenvalue weighted by molar-refractivity contribution is -0.119. The first-order valence-electron chi connectivity index (χ1n) is 7.26. The van der Waals surface area contributed by atoms with Crippen molar-refractivity contribution in [3.8, 4) is 5.75 Å². The molecule has 1 amide bonds. The average molecular weight is 368 g/mol. The summed E-state index contributed by atoms with van der Waals surface area (Å²) in [6.07, 6.45) is 0. The predicted octanol–water partition coefficient (Wildman–Crippen LogP) is 2.53. The zero-order valence-electron chi connectivity index (χ0n) is 13.7. The second-order valence-electron chi connectivity index (χ2n) is 4.94. The molecule has 1 heterocycles. The molecule has 0 aliphatic carbocycles. The van der Waals surface area contributed by atoms with Gasteiger partial charge in [0.15, 0.2) is 4.34 Å². The highest BCUT2D eigenvalue weighted by Crippen LogP contribution is 2.28. The number of nitrogens with zero attached hydrogens (tertiary/aromatic N) is 2. The standard InChI is InChI=1S/C15H20N4O3S2/c1-10(8-21-2)16-13(20)9-23-15-19-18-14(24-15)17-11-4-6-12(22-3)7-5-11/h4-7,10H,8-9H2,1-3H3,(H,16,20)(H,17,18)/t10-/m1/s1. The van der Waals surface area contributed by atoms with Crippen LogP contribution in [0.3, 0.4) is 0 Å². The number of amides is 1. The second kappa shape index (κ2) is 9.45. The third kappa shape index (κ3) is 5.99. The van der Waals surface area contributed by atoms with E-state index in [4.69, 9.17) is 9.47 Å². The van der Waals surface area contributed by atoms with Gasteiger partial charge in [-0.1, -0.05) is 23.1 Å². The van der Waals surface area contributed by atoms with Gasteiger partial charge in [-0.15, -0.1) is 10.2 Å². The number of carbonyl (C=O) groups is 1. The van der Waals surface area contributed by atoms with Crippen molar-refractivity contribution in [2.75, 3.05) is 31.9 Å². The molecule has 130 valence electrons. The Kier molecular flexibility index (Phi) is 7.29. The van der Waals surface area contributed by atoms with Crippen LogP contribution in [0, 0.1) is 0 Å². The van der Waals surface area contributed by atoms with Crippen molar-refractivity contribution in [3.63, 3.8) is 0 Å². The summed E-state index contributed by atoms with van der Waals surface area (Å²) in [5, 5.41) is 14.8. The molecule has 0 aliphatic heterocycles. The van der Waals surface area contributed by atoms with Crippen LogP contribution >= 0.6 is 23.1 Å². The lowest BCUT2D eigenvalue weighted by Crippen LogP contribution is -2.36. The van der Waals surface area contributed by atoms with E-state index in [0.29, 0.717) is 17.5 Å². The van der Waals surface area contributed by atoms with E-state index in [9.17, 15) is 4.79 Å². The van der Waals surface area contributed by atoms with Gasteiger partial charge >= 0.3 is 0 Å². The largest absolute Gasteiger partial charge is 0.497 e. The van der Waals surface area contributed by atoms with Crippen molar-refractivity contribution >= 4 is 39.8 Å². The molecule has 0 spiro atoms. The second-order valence-corrected chi connectivity index (χ2v) is 7.14. The fourth-order valence-corrected chi connectivity index (χ4v) is 3.44. The maximum absolute atomic E-state index is 11.8. The summed E-state index contributed by atoms with van der Waals surface area (Å²) in [5.41, 5.74) is 0.898. The highest BCUT2D eigenvalue weighted by Gasteiger charge is 2.10. The van der Waals surface area contributed by atoms with Crippen LogP contribution in [0.1, 0.15) is 6.92 Å². The number of anilines is 2. The Bertz CT molecular complexity index is 648. The number of hydrogen-bond acceptors (Lipinski definition) is 8. The molecule has 1 aromatic heterocycles. The van der Waals surface area contributed by atoms with Crippen molar-refractivity contribution < 1.29 is 14.3 Å². The lowest BCUT2D eigenvalue weighted by Gasteiger charge is -2.11. The van der Waals surface area contributed by atoms with Crippen LogP contribution in [-0.4, -0.2) is 48.7 Å². The molecule has 2 N–H and O–H groups in total. The molecule has 0 saturated heterocycles. The van der Waals surface area contributed by atoms with E-state index >= 15 is 0 Å². The highest BCUT2D eigenvalue weighted by atomic mass is 32.2. The monoisotopic (exact) mass is 368 g/mol. The quantitative estimate of drug-likeness (QED) is 0.658. The SMILES string of the molecule is COC[C@@H](C)NC(=O)CSc1nnc(Nc2ccc(OC)cc2)s1. The fraction of sp³-hybridized carbons (Fsp3) is 0.400. The van der Waals surface area contributed by atoms with Gasteiger partial charge in [0.05, 0.1) is 19.5 Å². The van der Waals surface area contributed by atoms with Crippen LogP contribution in [0.4, 0.5) is 10.8 Å². The Morgan fingerprint density at radius 2 is 2.04 bits per heavy atom. The molecule has 7 nitrogen and oxygen atoms in total. The minimum absolute atomic E-state index is 0.00943. The lowest BCUT2D eigenvalue weighted by atomic mass is 10.3. The van der Waals surface area contributed by atoms with Crippen LogP contribution in [-0.2, 0) is 9.53 Å². The maximum atomic E-state index is 11.8. The Morgan fingerprint density at radius 3 is 2.71 bits per heavy atom. The minimum Gasteiger partial charge on any atom is -0.497 e. The van der Waals surface area contributed by atoms with E-state index in [0.717, 1.165) is 15.8 Å². The molecular formula is C15H20N4O3S2. The first-order valence-corrected chi connectivity index (χ1v) is 9.06. The Hall–Kier alpha value is -1.84. The van der Waals surface area contributed by atoms with Crippen molar-refractivity contribution in [2.24, 2.45) is 0 Å². The number of benzene rings is 1. The van der Waals surface area contributed by atoms with Crippen LogP contribution in [0.25, 0.3) is 0 Å². The Morgan fingerprint density at radius 1 is 1.29 bits per heavy atom. The van der Waals surface area contributed by atoms with Gasteiger partial charge in [-0.25, -0.2) is 0 Å². The summed E-state index contributed by atoms with van der Waals surface area (Å²) in [4.78, 5) is 11.8. The van der Waals surface area contributed by atoms with Gasteiger partial charge in [-0.2, -0.15) is 0 Å². The number of nitrogens with one attached hydrogen (secondary N) is 2. The van der Waals surface area contributed by atoms with Gasteiger partial charge in [-0.05, 0) is 31.2 Å². The molecule has 1 atom stereocenters. The van der Waals surface area contributed by atoms with Crippen LogP contribution in [0.15, 0.2) is 28.6 Å². The minimum atomic E-state index is -0.0515. The number of aromatic nitrogens is 2. The van der Waals surface area contributed by atoms with Gasteiger partial charge in [0.2, 0.25) is 11.0 Å². The molecule has 0 aliphatic rings. The summed E-state index contributed by atoms with van der Waals surface area (Å²) >= 11 is 2.76. The Balaban J connectivity index is 1.81. The van der Waals surface area contributed by atoms with Crippen LogP contribution in [0.2, 0.25) is 0 Å². The molecular weight excluding hydrogens is 348 g/mol. The first-order chi connectivity index (χ1) is 11.6. The van der Waals surface area contributed by atoms with Gasteiger partial charge in [0.25, 0.3) is 0 Å². The van der Waals surface area contributed by atoms with Gasteiger partial charge < -0.3 is 20.1 Å². The van der Waals surface area contributed by atoms with Crippen molar-refractivity contribution in [1.29, 1.82) is 0 Å². The number of hydrogen-bond donors (Lipinski definition) is 2.